The number of hydrogen-bond acceptors (Lipinski definition) is 2. The molecule has 0 unspecified atom stereocenters. The van der Waals surface area contributed by atoms with Crippen molar-refractivity contribution in [2.75, 3.05) is 47.3 Å². The van der Waals surface area contributed by atoms with Crippen LogP contribution in [0.3, 0.4) is 0 Å². The Kier molecular flexibility index (Phi) is 13.4. The molecule has 5 heteroatoms. The van der Waals surface area contributed by atoms with E-state index in [4.69, 9.17) is 0 Å². The van der Waals surface area contributed by atoms with Gasteiger partial charge < -0.3 is 15.1 Å². The van der Waals surface area contributed by atoms with Gasteiger partial charge in [-0.05, 0) is 52.2 Å². The van der Waals surface area contributed by atoms with Gasteiger partial charge in [0, 0.05) is 26.7 Å². The van der Waals surface area contributed by atoms with E-state index in [1.165, 1.54) is 51.5 Å². The molecule has 1 N–H and O–H groups in total. The van der Waals surface area contributed by atoms with E-state index in [1.807, 2.05) is 7.05 Å². The van der Waals surface area contributed by atoms with Crippen LogP contribution in [0.5, 0.6) is 0 Å². The number of hydrogen-bond donors (Lipinski definition) is 1. The topological polar surface area (TPSA) is 30.9 Å². The highest BCUT2D eigenvalue weighted by Crippen LogP contribution is 2.15. The average molecular weight is 424 g/mol. The normalized spacial score (nSPS) is 16.8. The van der Waals surface area contributed by atoms with Gasteiger partial charge in [0.05, 0.1) is 0 Å². The highest BCUT2D eigenvalue weighted by Gasteiger charge is 2.17. The highest BCUT2D eigenvalue weighted by atomic mass is 127. The van der Waals surface area contributed by atoms with E-state index in [0.29, 0.717) is 0 Å². The smallest absolute Gasteiger partial charge is 0.193 e. The maximum absolute atomic E-state index is 4.43. The Bertz CT molecular complexity index is 286. The molecule has 1 rings (SSSR count). The molecule has 0 radical (unpaired) electrons. The molecular formula is C17H37IN4. The molecule has 0 amide bonds. The van der Waals surface area contributed by atoms with Crippen molar-refractivity contribution in [3.63, 3.8) is 0 Å². The van der Waals surface area contributed by atoms with Crippen molar-refractivity contribution < 1.29 is 0 Å². The lowest BCUT2D eigenvalue weighted by Crippen LogP contribution is -2.45. The molecule has 0 aromatic rings. The number of halogens is 1. The highest BCUT2D eigenvalue weighted by molar-refractivity contribution is 14.0. The molecular weight excluding hydrogens is 387 g/mol. The van der Waals surface area contributed by atoms with Crippen molar-refractivity contribution in [2.45, 2.75) is 51.9 Å². The van der Waals surface area contributed by atoms with Gasteiger partial charge >= 0.3 is 0 Å². The van der Waals surface area contributed by atoms with Gasteiger partial charge in [-0.3, -0.25) is 4.99 Å². The van der Waals surface area contributed by atoms with Gasteiger partial charge in [-0.25, -0.2) is 0 Å². The Balaban J connectivity index is 0.00000441. The van der Waals surface area contributed by atoms with Crippen LogP contribution >= 0.6 is 24.0 Å². The second-order valence-corrected chi connectivity index (χ2v) is 6.71. The zero-order valence-corrected chi connectivity index (χ0v) is 17.4. The summed E-state index contributed by atoms with van der Waals surface area (Å²) in [6.45, 7) is 6.95. The first-order valence-corrected chi connectivity index (χ1v) is 8.73. The van der Waals surface area contributed by atoms with E-state index in [2.05, 4.69) is 41.1 Å². The summed E-state index contributed by atoms with van der Waals surface area (Å²) in [4.78, 5) is 9.11. The summed E-state index contributed by atoms with van der Waals surface area (Å²) in [6, 6.07) is 0. The fraction of sp³-hybridized carbons (Fsp3) is 0.941. The van der Waals surface area contributed by atoms with Gasteiger partial charge in [-0.15, -0.1) is 24.0 Å². The van der Waals surface area contributed by atoms with E-state index in [0.717, 1.165) is 31.5 Å². The number of aliphatic imine (C=N–C) groups is 1. The van der Waals surface area contributed by atoms with Gasteiger partial charge in [-0.2, -0.15) is 0 Å². The number of nitrogens with zero attached hydrogens (tertiary/aromatic N) is 3. The summed E-state index contributed by atoms with van der Waals surface area (Å²) < 4.78 is 0. The minimum atomic E-state index is 0. The molecule has 0 aliphatic carbocycles. The van der Waals surface area contributed by atoms with Crippen LogP contribution in [0.4, 0.5) is 0 Å². The summed E-state index contributed by atoms with van der Waals surface area (Å²) >= 11 is 0. The molecule has 1 saturated heterocycles. The molecule has 0 bridgehead atoms. The zero-order chi connectivity index (χ0) is 15.5. The van der Waals surface area contributed by atoms with Crippen LogP contribution in [0.1, 0.15) is 51.9 Å². The number of rotatable bonds is 8. The van der Waals surface area contributed by atoms with Crippen LogP contribution in [0.2, 0.25) is 0 Å². The fourth-order valence-electron chi connectivity index (χ4n) is 2.84. The monoisotopic (exact) mass is 424 g/mol. The molecule has 1 fully saturated rings. The second kappa shape index (κ2) is 13.4. The molecule has 0 atom stereocenters. The Morgan fingerprint density at radius 3 is 2.27 bits per heavy atom. The molecule has 0 aromatic heterocycles. The van der Waals surface area contributed by atoms with Gasteiger partial charge in [-0.1, -0.05) is 26.2 Å². The predicted octanol–water partition coefficient (Wildman–Crippen LogP) is 3.42. The second-order valence-electron chi connectivity index (χ2n) is 6.71. The number of likely N-dealkylation sites (tertiary alicyclic amines) is 1. The van der Waals surface area contributed by atoms with E-state index in [1.54, 1.807) is 0 Å². The molecule has 0 spiro atoms. The summed E-state index contributed by atoms with van der Waals surface area (Å²) in [7, 11) is 6.20. The number of nitrogens with one attached hydrogen (secondary N) is 1. The zero-order valence-electron chi connectivity index (χ0n) is 15.1. The van der Waals surface area contributed by atoms with E-state index >= 15 is 0 Å². The molecule has 132 valence electrons. The molecule has 1 heterocycles. The third-order valence-electron chi connectivity index (χ3n) is 4.36. The molecule has 4 nitrogen and oxygen atoms in total. The van der Waals surface area contributed by atoms with Crippen molar-refractivity contribution in [3.8, 4) is 0 Å². The van der Waals surface area contributed by atoms with Crippen LogP contribution in [0.25, 0.3) is 0 Å². The first-order chi connectivity index (χ1) is 10.1. The van der Waals surface area contributed by atoms with Crippen molar-refractivity contribution in [3.05, 3.63) is 0 Å². The van der Waals surface area contributed by atoms with Crippen molar-refractivity contribution in [2.24, 2.45) is 10.9 Å². The van der Waals surface area contributed by atoms with Crippen LogP contribution in [-0.4, -0.2) is 63.1 Å². The first-order valence-electron chi connectivity index (χ1n) is 8.73. The summed E-state index contributed by atoms with van der Waals surface area (Å²) in [5.74, 6) is 1.98. The fourth-order valence-corrected chi connectivity index (χ4v) is 2.84. The lowest BCUT2D eigenvalue weighted by atomic mass is 10.00. The van der Waals surface area contributed by atoms with Crippen LogP contribution in [-0.2, 0) is 0 Å². The molecule has 0 saturated carbocycles. The molecule has 0 aromatic carbocycles. The van der Waals surface area contributed by atoms with E-state index < -0.39 is 0 Å². The van der Waals surface area contributed by atoms with Crippen LogP contribution in [0.15, 0.2) is 4.99 Å². The third kappa shape index (κ3) is 9.87. The average Bonchev–Trinajstić information content (AvgIpc) is 2.47. The third-order valence-corrected chi connectivity index (χ3v) is 4.36. The number of piperidine rings is 1. The standard InChI is InChI=1S/C17H36N4.HI/c1-16-10-14-21(15-11-16)17(18-2)19-12-8-6-5-7-9-13-20(3)4;/h16H,5-15H2,1-4H3,(H,18,19);1H. The minimum absolute atomic E-state index is 0. The van der Waals surface area contributed by atoms with E-state index in [-0.39, 0.29) is 24.0 Å². The maximum atomic E-state index is 4.43. The van der Waals surface area contributed by atoms with Crippen molar-refractivity contribution in [1.82, 2.24) is 15.1 Å². The minimum Gasteiger partial charge on any atom is -0.356 e. The Morgan fingerprint density at radius 2 is 1.68 bits per heavy atom. The summed E-state index contributed by atoms with van der Waals surface area (Å²) in [5.41, 5.74) is 0. The van der Waals surface area contributed by atoms with Gasteiger partial charge in [0.15, 0.2) is 5.96 Å². The number of unbranched alkanes of at least 4 members (excludes halogenated alkanes) is 4. The Hall–Kier alpha value is -0.0400. The Labute approximate surface area is 155 Å². The lowest BCUT2D eigenvalue weighted by Gasteiger charge is -2.32. The first kappa shape index (κ1) is 22.0. The molecule has 1 aliphatic heterocycles. The summed E-state index contributed by atoms with van der Waals surface area (Å²) in [6.07, 6.45) is 9.22. The lowest BCUT2D eigenvalue weighted by molar-refractivity contribution is 0.273. The van der Waals surface area contributed by atoms with Gasteiger partial charge in [0.25, 0.3) is 0 Å². The van der Waals surface area contributed by atoms with Crippen molar-refractivity contribution >= 4 is 29.9 Å². The van der Waals surface area contributed by atoms with Gasteiger partial charge in [0.2, 0.25) is 0 Å². The molecule has 22 heavy (non-hydrogen) atoms. The summed E-state index contributed by atoms with van der Waals surface area (Å²) in [5, 5.41) is 3.53. The van der Waals surface area contributed by atoms with Crippen molar-refractivity contribution in [1.29, 1.82) is 0 Å². The predicted molar refractivity (Wildman–Crippen MR) is 108 cm³/mol. The molecule has 1 aliphatic rings. The Morgan fingerprint density at radius 1 is 1.09 bits per heavy atom. The van der Waals surface area contributed by atoms with Crippen LogP contribution < -0.4 is 5.32 Å². The van der Waals surface area contributed by atoms with Gasteiger partial charge in [0.1, 0.15) is 0 Å². The SMILES string of the molecule is CN=C(NCCCCCCCN(C)C)N1CCC(C)CC1.I. The van der Waals surface area contributed by atoms with E-state index in [9.17, 15) is 0 Å². The quantitative estimate of drug-likeness (QED) is 0.280. The number of guanidine groups is 1. The van der Waals surface area contributed by atoms with Crippen LogP contribution in [0, 0.1) is 5.92 Å². The largest absolute Gasteiger partial charge is 0.356 e. The maximum Gasteiger partial charge on any atom is 0.193 e.